The first kappa shape index (κ1) is 21.0. The fraction of sp³-hybridized carbons (Fsp3) is 0.278. The van der Waals surface area contributed by atoms with Crippen molar-refractivity contribution >= 4 is 44.8 Å². The number of piperazine rings is 1. The molecule has 0 bridgehead atoms. The van der Waals surface area contributed by atoms with Crippen molar-refractivity contribution in [3.05, 3.63) is 46.2 Å². The minimum Gasteiger partial charge on any atom is -0.354 e. The van der Waals surface area contributed by atoms with Gasteiger partial charge in [-0.2, -0.15) is 4.31 Å². The molecule has 2 heterocycles. The van der Waals surface area contributed by atoms with Gasteiger partial charge in [0.2, 0.25) is 21.8 Å². The average Bonchev–Trinajstić information content (AvgIpc) is 3.13. The number of sulfonamides is 1. The van der Waals surface area contributed by atoms with Crippen LogP contribution in [0.4, 0.5) is 5.69 Å². The highest BCUT2D eigenvalue weighted by atomic mass is 32.2. The number of carbonyl (C=O) groups is 3. The molecule has 0 aliphatic carbocycles. The molecule has 11 heteroatoms. The fourth-order valence-corrected chi connectivity index (χ4v) is 4.94. The van der Waals surface area contributed by atoms with Gasteiger partial charge in [0.15, 0.2) is 0 Å². The summed E-state index contributed by atoms with van der Waals surface area (Å²) in [6.45, 7) is 1.81. The third-order valence-electron chi connectivity index (χ3n) is 4.13. The Morgan fingerprint density at radius 3 is 2.72 bits per heavy atom. The molecule has 0 radical (unpaired) electrons. The van der Waals surface area contributed by atoms with Crippen LogP contribution in [0.1, 0.15) is 14.5 Å². The number of amides is 3. The fourth-order valence-electron chi connectivity index (χ4n) is 2.71. The van der Waals surface area contributed by atoms with Gasteiger partial charge < -0.3 is 16.0 Å². The maximum atomic E-state index is 12.7. The molecule has 0 spiro atoms. The molecule has 3 rings (SSSR count). The summed E-state index contributed by atoms with van der Waals surface area (Å²) in [6.07, 6.45) is 0. The van der Waals surface area contributed by atoms with Crippen LogP contribution >= 0.6 is 11.3 Å². The highest BCUT2D eigenvalue weighted by Crippen LogP contribution is 2.20. The Bertz CT molecular complexity index is 1050. The molecule has 3 N–H and O–H groups in total. The second kappa shape index (κ2) is 8.72. The van der Waals surface area contributed by atoms with E-state index in [0.717, 1.165) is 9.18 Å². The Labute approximate surface area is 172 Å². The van der Waals surface area contributed by atoms with Crippen LogP contribution in [0.25, 0.3) is 0 Å². The summed E-state index contributed by atoms with van der Waals surface area (Å²) in [4.78, 5) is 37.1. The smallest absolute Gasteiger partial charge is 0.261 e. The number of thiophene rings is 1. The normalized spacial score (nSPS) is 14.9. The number of aryl methyl sites for hydroxylation is 1. The predicted octanol–water partition coefficient (Wildman–Crippen LogP) is 0.546. The van der Waals surface area contributed by atoms with E-state index in [9.17, 15) is 22.8 Å². The zero-order valence-corrected chi connectivity index (χ0v) is 17.2. The molecule has 3 amide bonds. The van der Waals surface area contributed by atoms with Crippen molar-refractivity contribution in [1.29, 1.82) is 0 Å². The van der Waals surface area contributed by atoms with Gasteiger partial charge in [0.1, 0.15) is 0 Å². The number of hydrogen-bond donors (Lipinski definition) is 3. The van der Waals surface area contributed by atoms with E-state index in [1.54, 1.807) is 12.1 Å². The summed E-state index contributed by atoms with van der Waals surface area (Å²) in [5, 5.41) is 7.66. The standard InChI is InChI=1S/C18H20N4O5S2/c1-12-5-6-15(28-12)18(25)20-10-16(23)21-13-3-2-4-14(9-13)29(26,27)22-8-7-19-17(24)11-22/h2-6,9H,7-8,10-11H2,1H3,(H,19,24)(H,20,25)(H,21,23). The molecule has 29 heavy (non-hydrogen) atoms. The number of hydrogen-bond acceptors (Lipinski definition) is 6. The highest BCUT2D eigenvalue weighted by Gasteiger charge is 2.29. The largest absolute Gasteiger partial charge is 0.354 e. The monoisotopic (exact) mass is 436 g/mol. The Kier molecular flexibility index (Phi) is 6.30. The summed E-state index contributed by atoms with van der Waals surface area (Å²) >= 11 is 1.33. The van der Waals surface area contributed by atoms with E-state index in [4.69, 9.17) is 0 Å². The van der Waals surface area contributed by atoms with Crippen molar-refractivity contribution in [3.63, 3.8) is 0 Å². The molecule has 154 valence electrons. The number of nitrogens with zero attached hydrogens (tertiary/aromatic N) is 1. The van der Waals surface area contributed by atoms with Crippen LogP contribution in [0.5, 0.6) is 0 Å². The van der Waals surface area contributed by atoms with Crippen molar-refractivity contribution in [1.82, 2.24) is 14.9 Å². The molecule has 1 fully saturated rings. The maximum Gasteiger partial charge on any atom is 0.261 e. The number of rotatable bonds is 6. The summed E-state index contributed by atoms with van der Waals surface area (Å²) in [6, 6.07) is 9.27. The van der Waals surface area contributed by atoms with Gasteiger partial charge in [-0.15, -0.1) is 11.3 Å². The van der Waals surface area contributed by atoms with Crippen LogP contribution in [0.2, 0.25) is 0 Å². The van der Waals surface area contributed by atoms with Gasteiger partial charge in [-0.05, 0) is 37.3 Å². The van der Waals surface area contributed by atoms with Crippen molar-refractivity contribution in [3.8, 4) is 0 Å². The van der Waals surface area contributed by atoms with Crippen LogP contribution < -0.4 is 16.0 Å². The lowest BCUT2D eigenvalue weighted by Crippen LogP contribution is -2.49. The van der Waals surface area contributed by atoms with Crippen molar-refractivity contribution in [2.24, 2.45) is 0 Å². The summed E-state index contributed by atoms with van der Waals surface area (Å²) in [5.41, 5.74) is 0.277. The lowest BCUT2D eigenvalue weighted by atomic mass is 10.3. The van der Waals surface area contributed by atoms with Crippen LogP contribution in [-0.4, -0.2) is 56.6 Å². The summed E-state index contributed by atoms with van der Waals surface area (Å²) in [7, 11) is -3.86. The molecule has 1 aromatic carbocycles. The first-order valence-electron chi connectivity index (χ1n) is 8.77. The third-order valence-corrected chi connectivity index (χ3v) is 6.97. The van der Waals surface area contributed by atoms with Crippen LogP contribution in [-0.2, 0) is 19.6 Å². The summed E-state index contributed by atoms with van der Waals surface area (Å²) < 4.78 is 26.5. The molecule has 9 nitrogen and oxygen atoms in total. The predicted molar refractivity (Wildman–Crippen MR) is 108 cm³/mol. The minimum atomic E-state index is -3.86. The van der Waals surface area contributed by atoms with Gasteiger partial charge in [0, 0.05) is 23.7 Å². The van der Waals surface area contributed by atoms with E-state index in [1.807, 2.05) is 13.0 Å². The van der Waals surface area contributed by atoms with Gasteiger partial charge in [0.25, 0.3) is 5.91 Å². The Morgan fingerprint density at radius 1 is 1.24 bits per heavy atom. The zero-order chi connectivity index (χ0) is 21.0. The number of nitrogens with one attached hydrogen (secondary N) is 3. The maximum absolute atomic E-state index is 12.7. The zero-order valence-electron chi connectivity index (χ0n) is 15.6. The second-order valence-electron chi connectivity index (χ2n) is 6.36. The molecule has 2 aromatic rings. The van der Waals surface area contributed by atoms with Gasteiger partial charge >= 0.3 is 0 Å². The van der Waals surface area contributed by atoms with Crippen LogP contribution in [0.3, 0.4) is 0 Å². The Hall–Kier alpha value is -2.76. The second-order valence-corrected chi connectivity index (χ2v) is 9.58. The molecule has 1 aliphatic heterocycles. The minimum absolute atomic E-state index is 0.0249. The first-order valence-corrected chi connectivity index (χ1v) is 11.0. The van der Waals surface area contributed by atoms with Crippen LogP contribution in [0, 0.1) is 6.92 Å². The van der Waals surface area contributed by atoms with E-state index in [-0.39, 0.29) is 48.6 Å². The molecule has 0 saturated carbocycles. The van der Waals surface area contributed by atoms with Crippen molar-refractivity contribution in [2.75, 3.05) is 31.5 Å². The van der Waals surface area contributed by atoms with E-state index in [2.05, 4.69) is 16.0 Å². The average molecular weight is 437 g/mol. The number of anilines is 1. The Balaban J connectivity index is 1.62. The van der Waals surface area contributed by atoms with Gasteiger partial charge in [-0.25, -0.2) is 8.42 Å². The lowest BCUT2D eigenvalue weighted by molar-refractivity contribution is -0.122. The van der Waals surface area contributed by atoms with Crippen molar-refractivity contribution < 1.29 is 22.8 Å². The van der Waals surface area contributed by atoms with Crippen molar-refractivity contribution in [2.45, 2.75) is 11.8 Å². The molecule has 1 aromatic heterocycles. The number of benzene rings is 1. The van der Waals surface area contributed by atoms with E-state index in [0.29, 0.717) is 4.88 Å². The van der Waals surface area contributed by atoms with Crippen LogP contribution in [0.15, 0.2) is 41.3 Å². The SMILES string of the molecule is Cc1ccc(C(=O)NCC(=O)Nc2cccc(S(=O)(=O)N3CCNC(=O)C3)c2)s1. The third kappa shape index (κ3) is 5.19. The highest BCUT2D eigenvalue weighted by molar-refractivity contribution is 7.89. The van der Waals surface area contributed by atoms with E-state index in [1.165, 1.54) is 29.5 Å². The first-order chi connectivity index (χ1) is 13.8. The van der Waals surface area contributed by atoms with E-state index < -0.39 is 15.9 Å². The molecule has 1 saturated heterocycles. The quantitative estimate of drug-likeness (QED) is 0.610. The number of carbonyl (C=O) groups excluding carboxylic acids is 3. The molecule has 1 aliphatic rings. The lowest BCUT2D eigenvalue weighted by Gasteiger charge is -2.26. The topological polar surface area (TPSA) is 125 Å². The molecule has 0 unspecified atom stereocenters. The molecular formula is C18H20N4O5S2. The summed E-state index contributed by atoms with van der Waals surface area (Å²) in [5.74, 6) is -1.20. The molecule has 0 atom stereocenters. The molecular weight excluding hydrogens is 416 g/mol. The van der Waals surface area contributed by atoms with Gasteiger partial charge in [-0.1, -0.05) is 6.07 Å². The Morgan fingerprint density at radius 2 is 2.03 bits per heavy atom. The van der Waals surface area contributed by atoms with Gasteiger partial charge in [-0.3, -0.25) is 14.4 Å². The van der Waals surface area contributed by atoms with E-state index >= 15 is 0 Å². The van der Waals surface area contributed by atoms with Gasteiger partial charge in [0.05, 0.1) is 22.9 Å².